The number of benzene rings is 2. The highest BCUT2D eigenvalue weighted by Gasteiger charge is 2.52. The summed E-state index contributed by atoms with van der Waals surface area (Å²) in [6, 6.07) is 16.6. The topological polar surface area (TPSA) is 45.6 Å². The first-order chi connectivity index (χ1) is 17.5. The smallest absolute Gasteiger partial charge is 0.129 e. The molecule has 1 N–H and O–H groups in total. The average Bonchev–Trinajstić information content (AvgIpc) is 3.18. The number of aryl methyl sites for hydroxylation is 1. The fourth-order valence-corrected chi connectivity index (χ4v) is 7.33. The van der Waals surface area contributed by atoms with Crippen molar-refractivity contribution < 1.29 is 14.2 Å². The largest absolute Gasteiger partial charge is 0.489 e. The lowest BCUT2D eigenvalue weighted by atomic mass is 9.99. The first kappa shape index (κ1) is 22.3. The Labute approximate surface area is 212 Å². The minimum absolute atomic E-state index is 0.190. The number of halogens is 1. The van der Waals surface area contributed by atoms with Crippen molar-refractivity contribution in [2.45, 2.75) is 76.7 Å². The molecule has 2 aliphatic carbocycles. The molecule has 1 aromatic heterocycles. The van der Waals surface area contributed by atoms with E-state index in [0.29, 0.717) is 17.6 Å². The predicted molar refractivity (Wildman–Crippen MR) is 139 cm³/mol. The van der Waals surface area contributed by atoms with Crippen LogP contribution in [0, 0.1) is 24.6 Å². The van der Waals surface area contributed by atoms with Gasteiger partial charge >= 0.3 is 0 Å². The number of aliphatic hydroxyl groups excluding tert-OH is 1. The van der Waals surface area contributed by atoms with Gasteiger partial charge in [0.2, 0.25) is 0 Å². The van der Waals surface area contributed by atoms with E-state index in [9.17, 15) is 9.50 Å². The molecule has 186 valence electrons. The van der Waals surface area contributed by atoms with E-state index in [1.54, 1.807) is 0 Å². The molecular formula is C31H33FN2O2. The molecule has 3 fully saturated rings. The van der Waals surface area contributed by atoms with Crippen LogP contribution in [0.25, 0.3) is 11.1 Å². The van der Waals surface area contributed by atoms with E-state index in [1.807, 2.05) is 25.1 Å². The van der Waals surface area contributed by atoms with Gasteiger partial charge in [0.25, 0.3) is 0 Å². The standard InChI is InChI=1S/C31H33FN2O2/c1-17-28-13-20-12-25(6-7-27(20)31(17)28)36-16-21-11-19(3-9-29(21)32)26-8-10-30(33-18(26)2)34-22-4-5-23(34)15-24(35)14-22/h3,6-12,17,22-24,28,31,35H,4-5,13-16H2,1-2H3/t17-,22-,23+,24?,28-,31-/m0/s1. The van der Waals surface area contributed by atoms with Gasteiger partial charge in [0.05, 0.1) is 6.10 Å². The molecule has 3 heterocycles. The van der Waals surface area contributed by atoms with Crippen molar-refractivity contribution in [1.29, 1.82) is 0 Å². The molecule has 3 aromatic rings. The molecule has 2 saturated heterocycles. The van der Waals surface area contributed by atoms with Crippen LogP contribution in [0.5, 0.6) is 5.75 Å². The maximum atomic E-state index is 14.7. The van der Waals surface area contributed by atoms with Crippen molar-refractivity contribution in [2.24, 2.45) is 11.8 Å². The van der Waals surface area contributed by atoms with Crippen molar-refractivity contribution in [3.63, 3.8) is 0 Å². The van der Waals surface area contributed by atoms with Crippen LogP contribution in [0.2, 0.25) is 0 Å². The molecule has 6 atom stereocenters. The lowest BCUT2D eigenvalue weighted by Crippen LogP contribution is -2.45. The second-order valence-corrected chi connectivity index (χ2v) is 11.4. The molecule has 2 aliphatic heterocycles. The molecule has 0 radical (unpaired) electrons. The normalized spacial score (nSPS) is 29.7. The minimum atomic E-state index is -0.249. The summed E-state index contributed by atoms with van der Waals surface area (Å²) in [5, 5.41) is 10.1. The summed E-state index contributed by atoms with van der Waals surface area (Å²) in [6.45, 7) is 4.56. The Bertz CT molecular complexity index is 1330. The Morgan fingerprint density at radius 1 is 1.06 bits per heavy atom. The summed E-state index contributed by atoms with van der Waals surface area (Å²) < 4.78 is 20.8. The van der Waals surface area contributed by atoms with E-state index in [1.165, 1.54) is 17.2 Å². The Hall–Kier alpha value is -2.92. The van der Waals surface area contributed by atoms with Crippen molar-refractivity contribution in [2.75, 3.05) is 4.90 Å². The number of piperidine rings is 1. The van der Waals surface area contributed by atoms with E-state index < -0.39 is 0 Å². The number of aliphatic hydroxyl groups is 1. The van der Waals surface area contributed by atoms with Crippen molar-refractivity contribution >= 4 is 5.82 Å². The van der Waals surface area contributed by atoms with Crippen LogP contribution in [0.15, 0.2) is 48.5 Å². The highest BCUT2D eigenvalue weighted by molar-refractivity contribution is 5.68. The van der Waals surface area contributed by atoms with Crippen molar-refractivity contribution in [1.82, 2.24) is 4.98 Å². The van der Waals surface area contributed by atoms with Crippen molar-refractivity contribution in [3.8, 4) is 16.9 Å². The number of fused-ring (bicyclic) bond motifs is 5. The number of nitrogens with zero attached hydrogens (tertiary/aromatic N) is 2. The van der Waals surface area contributed by atoms with Gasteiger partial charge < -0.3 is 14.7 Å². The number of pyridine rings is 1. The van der Waals surface area contributed by atoms with E-state index in [4.69, 9.17) is 9.72 Å². The molecule has 2 aromatic carbocycles. The van der Waals surface area contributed by atoms with Gasteiger partial charge in [-0.05, 0) is 110 Å². The number of hydrogen-bond donors (Lipinski definition) is 1. The van der Waals surface area contributed by atoms with E-state index >= 15 is 0 Å². The zero-order valence-electron chi connectivity index (χ0n) is 21.0. The monoisotopic (exact) mass is 484 g/mol. The molecule has 0 spiro atoms. The number of aromatic nitrogens is 1. The highest BCUT2D eigenvalue weighted by atomic mass is 19.1. The minimum Gasteiger partial charge on any atom is -0.489 e. The van der Waals surface area contributed by atoms with Crippen LogP contribution < -0.4 is 9.64 Å². The Morgan fingerprint density at radius 2 is 1.86 bits per heavy atom. The number of anilines is 1. The van der Waals surface area contributed by atoms with Gasteiger partial charge in [0.15, 0.2) is 0 Å². The quantitative estimate of drug-likeness (QED) is 0.470. The first-order valence-electron chi connectivity index (χ1n) is 13.4. The van der Waals surface area contributed by atoms with Crippen LogP contribution in [-0.2, 0) is 13.0 Å². The van der Waals surface area contributed by atoms with Gasteiger partial charge in [-0.2, -0.15) is 0 Å². The molecule has 0 amide bonds. The summed E-state index contributed by atoms with van der Waals surface area (Å²) in [5.74, 6) is 3.92. The third kappa shape index (κ3) is 3.62. The number of ether oxygens (including phenoxy) is 1. The van der Waals surface area contributed by atoms with Crippen molar-refractivity contribution in [3.05, 3.63) is 76.7 Å². The van der Waals surface area contributed by atoms with Crippen LogP contribution >= 0.6 is 0 Å². The first-order valence-corrected chi connectivity index (χ1v) is 13.4. The van der Waals surface area contributed by atoms with Gasteiger partial charge in [0.1, 0.15) is 24.0 Å². The molecule has 36 heavy (non-hydrogen) atoms. The maximum absolute atomic E-state index is 14.7. The summed E-state index contributed by atoms with van der Waals surface area (Å²) in [6.07, 6.45) is 4.84. The van der Waals surface area contributed by atoms with Gasteiger partial charge in [0, 0.05) is 28.9 Å². The van der Waals surface area contributed by atoms with E-state index in [-0.39, 0.29) is 18.5 Å². The predicted octanol–water partition coefficient (Wildman–Crippen LogP) is 6.17. The van der Waals surface area contributed by atoms with Gasteiger partial charge in [-0.1, -0.05) is 19.1 Å². The van der Waals surface area contributed by atoms with Gasteiger partial charge in [-0.15, -0.1) is 0 Å². The molecular weight excluding hydrogens is 451 g/mol. The summed E-state index contributed by atoms with van der Waals surface area (Å²) >= 11 is 0. The van der Waals surface area contributed by atoms with E-state index in [0.717, 1.165) is 78.2 Å². The fourth-order valence-electron chi connectivity index (χ4n) is 7.33. The fraction of sp³-hybridized carbons (Fsp3) is 0.452. The average molecular weight is 485 g/mol. The molecule has 4 nitrogen and oxygen atoms in total. The Balaban J connectivity index is 1.09. The second-order valence-electron chi connectivity index (χ2n) is 11.4. The van der Waals surface area contributed by atoms with Crippen LogP contribution in [0.4, 0.5) is 10.2 Å². The molecule has 1 unspecified atom stereocenters. The molecule has 2 bridgehead atoms. The SMILES string of the molecule is Cc1nc(N2[C@@H]3CC[C@H]2CC(O)C3)ccc1-c1ccc(F)c(COc2ccc3c(c2)C[C@H]2[C@H](C)[C@@H]32)c1. The Morgan fingerprint density at radius 3 is 2.64 bits per heavy atom. The lowest BCUT2D eigenvalue weighted by molar-refractivity contribution is 0.126. The molecule has 5 heteroatoms. The summed E-state index contributed by atoms with van der Waals surface area (Å²) in [7, 11) is 0. The van der Waals surface area contributed by atoms with Gasteiger partial charge in [-0.3, -0.25) is 0 Å². The molecule has 1 saturated carbocycles. The van der Waals surface area contributed by atoms with Crippen LogP contribution in [0.3, 0.4) is 0 Å². The second kappa shape index (κ2) is 8.31. The Kier molecular flexibility index (Phi) is 5.14. The maximum Gasteiger partial charge on any atom is 0.129 e. The summed E-state index contributed by atoms with van der Waals surface area (Å²) in [4.78, 5) is 7.36. The number of hydrogen-bond acceptors (Lipinski definition) is 4. The van der Waals surface area contributed by atoms with Gasteiger partial charge in [-0.25, -0.2) is 9.37 Å². The van der Waals surface area contributed by atoms with E-state index in [2.05, 4.69) is 36.1 Å². The number of rotatable bonds is 5. The van der Waals surface area contributed by atoms with Crippen LogP contribution in [0.1, 0.15) is 60.9 Å². The summed E-state index contributed by atoms with van der Waals surface area (Å²) in [5.41, 5.74) is 6.32. The zero-order valence-corrected chi connectivity index (χ0v) is 21.0. The molecule has 7 rings (SSSR count). The third-order valence-electron chi connectivity index (χ3n) is 9.29. The van der Waals surface area contributed by atoms with Crippen LogP contribution in [-0.4, -0.2) is 28.3 Å². The molecule has 4 aliphatic rings. The third-order valence-corrected chi connectivity index (χ3v) is 9.29. The zero-order chi connectivity index (χ0) is 24.6. The lowest BCUT2D eigenvalue weighted by Gasteiger charge is -2.38. The highest BCUT2D eigenvalue weighted by Crippen LogP contribution is 2.61.